The van der Waals surface area contributed by atoms with Crippen LogP contribution in [0, 0.1) is 20.8 Å². The largest absolute Gasteiger partial charge is 4.00 e. The van der Waals surface area contributed by atoms with E-state index >= 15 is 0 Å². The Labute approximate surface area is 348 Å². The van der Waals surface area contributed by atoms with Crippen molar-refractivity contribution in [3.8, 4) is 0 Å². The molecule has 0 radical (unpaired) electrons. The average molecular weight is 962 g/mol. The minimum Gasteiger partial charge on any atom is -1.00 e. The number of hydrogen-bond donors (Lipinski definition) is 0. The normalized spacial score (nSPS) is 9.65. The average Bonchev–Trinajstić information content (AvgIpc) is 3.53. The number of pyridine rings is 1. The molecule has 0 aliphatic heterocycles. The van der Waals surface area contributed by atoms with E-state index < -0.39 is 0 Å². The van der Waals surface area contributed by atoms with Gasteiger partial charge in [-0.05, 0) is 47.7 Å². The Hall–Kier alpha value is -4.20. The van der Waals surface area contributed by atoms with Crippen molar-refractivity contribution in [1.82, 2.24) is 4.57 Å². The van der Waals surface area contributed by atoms with E-state index in [1.54, 1.807) is 0 Å². The van der Waals surface area contributed by atoms with Gasteiger partial charge < -0.3 is 33.5 Å². The Bertz CT molecular complexity index is 1830. The first-order valence-electron chi connectivity index (χ1n) is 17.5. The molecule has 3 nitrogen and oxygen atoms in total. The van der Waals surface area contributed by atoms with E-state index in [1.807, 2.05) is 91.0 Å². The molecule has 0 saturated heterocycles. The van der Waals surface area contributed by atoms with Crippen LogP contribution in [-0.4, -0.2) is 4.57 Å². The van der Waals surface area contributed by atoms with Gasteiger partial charge in [-0.3, -0.25) is 0 Å². The molecule has 0 bridgehead atoms. The first-order chi connectivity index (χ1) is 24.5. The second kappa shape index (κ2) is 24.9. The first-order valence-corrected chi connectivity index (χ1v) is 17.5. The number of nitrogens with one attached hydrogen (secondary N) is 1. The zero-order valence-electron chi connectivity index (χ0n) is 30.5. The second-order valence-electron chi connectivity index (χ2n) is 12.1. The standard InChI is InChI=1S/C26H28N3.3C7H7.Hf.HI/c1-3-9-21-13-8-14-22(10-4-2)25(21)27-24-16-15-23-17-18-29(26(23)28-24)19-20-11-6-5-7-12-20;3*1-7-5-3-2-4-6-7;;/h5-8,11-18H,3-4,9-10,19H2,1-2H3;3*2-6H,1H2;;1H/q4*-1;+4;. The number of benzene rings is 5. The maximum absolute atomic E-state index is 5.09. The fraction of sp³-hybridized carbons (Fsp3) is 0.149. The first kappa shape index (κ1) is 44.0. The van der Waals surface area contributed by atoms with Gasteiger partial charge in [-0.15, -0.1) is 36.4 Å². The summed E-state index contributed by atoms with van der Waals surface area (Å²) in [6, 6.07) is 53.2. The topological polar surface area (TPSA) is 33.2 Å². The molecule has 2 aromatic heterocycles. The van der Waals surface area contributed by atoms with Gasteiger partial charge in [0.1, 0.15) is 11.5 Å². The molecule has 0 aliphatic carbocycles. The van der Waals surface area contributed by atoms with Crippen molar-refractivity contribution in [2.75, 3.05) is 0 Å². The zero-order valence-corrected chi connectivity index (χ0v) is 36.3. The quantitative estimate of drug-likeness (QED) is 0.0828. The number of nitrogens with zero attached hydrogens (tertiary/aromatic N) is 2. The molecular formula is C47H50HfIN3. The van der Waals surface area contributed by atoms with Crippen LogP contribution in [0.4, 0.5) is 11.5 Å². The number of aryl methyl sites for hydroxylation is 2. The predicted molar refractivity (Wildman–Crippen MR) is 214 cm³/mol. The van der Waals surface area contributed by atoms with Crippen molar-refractivity contribution in [1.29, 1.82) is 0 Å². The number of rotatable bonds is 8. The third-order valence-electron chi connectivity index (χ3n) is 7.86. The minimum absolute atomic E-state index is 0. The van der Waals surface area contributed by atoms with Gasteiger partial charge in [0.15, 0.2) is 0 Å². The van der Waals surface area contributed by atoms with E-state index in [4.69, 9.17) is 5.32 Å². The van der Waals surface area contributed by atoms with Crippen LogP contribution in [0.1, 0.15) is 60.1 Å². The fourth-order valence-corrected chi connectivity index (χ4v) is 5.36. The monoisotopic (exact) mass is 963 g/mol. The van der Waals surface area contributed by atoms with Crippen LogP contribution in [-0.2, 0) is 45.2 Å². The molecule has 5 aromatic carbocycles. The van der Waals surface area contributed by atoms with Crippen molar-refractivity contribution in [3.05, 3.63) is 223 Å². The summed E-state index contributed by atoms with van der Waals surface area (Å²) in [5, 5.41) is 6.29. The van der Waals surface area contributed by atoms with Crippen molar-refractivity contribution in [2.24, 2.45) is 0 Å². The smallest absolute Gasteiger partial charge is 1.00 e. The molecule has 5 heteroatoms. The number of fused-ring (bicyclic) bond motifs is 1. The van der Waals surface area contributed by atoms with Crippen LogP contribution in [0.3, 0.4) is 0 Å². The summed E-state index contributed by atoms with van der Waals surface area (Å²) < 4.78 is 2.26. The SMILES string of the molecule is CCCc1cccc(CCC)c1[N-]c1ccc2ccn(Cc3ccccc3)c2[nH+]1.[CH2-]c1ccccc1.[CH2-]c1ccccc1.[CH2-]c1ccccc1.[Hf+4].[I-]. The Balaban J connectivity index is 0.000000328. The number of aromatic nitrogens is 2. The Morgan fingerprint density at radius 3 is 1.38 bits per heavy atom. The summed E-state index contributed by atoms with van der Waals surface area (Å²) >= 11 is 0. The Morgan fingerprint density at radius 2 is 0.981 bits per heavy atom. The fourth-order valence-electron chi connectivity index (χ4n) is 5.36. The summed E-state index contributed by atoms with van der Waals surface area (Å²) in [5.41, 5.74) is 9.44. The van der Waals surface area contributed by atoms with E-state index in [0.717, 1.165) is 66.1 Å². The molecule has 0 saturated carbocycles. The summed E-state index contributed by atoms with van der Waals surface area (Å²) in [5.74, 6) is 0.909. The number of hydrogen-bond acceptors (Lipinski definition) is 0. The number of para-hydroxylation sites is 1. The molecule has 2 heterocycles. The van der Waals surface area contributed by atoms with Crippen molar-refractivity contribution in [3.63, 3.8) is 0 Å². The predicted octanol–water partition coefficient (Wildman–Crippen LogP) is 9.35. The molecule has 0 atom stereocenters. The van der Waals surface area contributed by atoms with E-state index in [-0.39, 0.29) is 49.8 Å². The third kappa shape index (κ3) is 15.2. The molecule has 52 heavy (non-hydrogen) atoms. The van der Waals surface area contributed by atoms with Crippen LogP contribution >= 0.6 is 0 Å². The molecule has 7 rings (SSSR count). The van der Waals surface area contributed by atoms with Crippen LogP contribution in [0.15, 0.2) is 164 Å². The van der Waals surface area contributed by atoms with Crippen LogP contribution < -0.4 is 29.0 Å². The minimum atomic E-state index is 0. The molecule has 0 unspecified atom stereocenters. The van der Waals surface area contributed by atoms with Crippen molar-refractivity contribution < 1.29 is 54.8 Å². The van der Waals surface area contributed by atoms with Gasteiger partial charge in [-0.1, -0.05) is 93.4 Å². The van der Waals surface area contributed by atoms with E-state index in [0.29, 0.717) is 0 Å². The third-order valence-corrected chi connectivity index (χ3v) is 7.86. The van der Waals surface area contributed by atoms with Crippen LogP contribution in [0.2, 0.25) is 0 Å². The maximum atomic E-state index is 5.09. The molecular weight excluding hydrogens is 912 g/mol. The van der Waals surface area contributed by atoms with E-state index in [1.165, 1.54) is 22.1 Å². The van der Waals surface area contributed by atoms with Crippen molar-refractivity contribution >= 4 is 22.5 Å². The van der Waals surface area contributed by atoms with Gasteiger partial charge >= 0.3 is 25.8 Å². The Kier molecular flexibility index (Phi) is 21.0. The maximum Gasteiger partial charge on any atom is 4.00 e. The molecule has 264 valence electrons. The van der Waals surface area contributed by atoms with Gasteiger partial charge in [0.2, 0.25) is 0 Å². The van der Waals surface area contributed by atoms with Gasteiger partial charge in [-0.25, -0.2) is 5.32 Å². The molecule has 1 N–H and O–H groups in total. The number of aromatic amines is 1. The summed E-state index contributed by atoms with van der Waals surface area (Å²) in [6.07, 6.45) is 6.51. The van der Waals surface area contributed by atoms with Crippen molar-refractivity contribution in [2.45, 2.75) is 46.1 Å². The van der Waals surface area contributed by atoms with Gasteiger partial charge in [0, 0.05) is 18.1 Å². The number of halogens is 1. The van der Waals surface area contributed by atoms with E-state index in [9.17, 15) is 0 Å². The molecule has 0 spiro atoms. The zero-order chi connectivity index (χ0) is 35.4. The van der Waals surface area contributed by atoms with Crippen LogP contribution in [0.25, 0.3) is 16.4 Å². The Morgan fingerprint density at radius 1 is 0.538 bits per heavy atom. The van der Waals surface area contributed by atoms with Gasteiger partial charge in [0.25, 0.3) is 0 Å². The van der Waals surface area contributed by atoms with E-state index in [2.05, 4.69) is 117 Å². The molecule has 0 aliphatic rings. The summed E-state index contributed by atoms with van der Waals surface area (Å²) in [6.45, 7) is 16.5. The molecule has 0 amide bonds. The summed E-state index contributed by atoms with van der Waals surface area (Å²) in [7, 11) is 0. The van der Waals surface area contributed by atoms with Crippen LogP contribution in [0.5, 0.6) is 0 Å². The second-order valence-corrected chi connectivity index (χ2v) is 12.1. The van der Waals surface area contributed by atoms with Gasteiger partial charge in [0.05, 0.1) is 5.69 Å². The van der Waals surface area contributed by atoms with Gasteiger partial charge in [-0.2, -0.15) is 73.9 Å². The molecule has 0 fully saturated rings. The molecule has 7 aromatic rings. The summed E-state index contributed by atoms with van der Waals surface area (Å²) in [4.78, 5) is 3.58. The number of H-pyrrole nitrogens is 1.